The smallest absolute Gasteiger partial charge is 0.344 e. The van der Waals surface area contributed by atoms with Gasteiger partial charge >= 0.3 is 5.97 Å². The highest BCUT2D eigenvalue weighted by Gasteiger charge is 2.26. The fourth-order valence-corrected chi connectivity index (χ4v) is 3.82. The van der Waals surface area contributed by atoms with E-state index < -0.39 is 5.97 Å². The molecule has 0 amide bonds. The van der Waals surface area contributed by atoms with Gasteiger partial charge in [-0.2, -0.15) is 0 Å². The minimum Gasteiger partial charge on any atom is -0.457 e. The van der Waals surface area contributed by atoms with E-state index in [-0.39, 0.29) is 18.0 Å². The molecule has 0 radical (unpaired) electrons. The number of ether oxygens (including phenoxy) is 1. The number of nitrogens with zero attached hydrogens (tertiary/aromatic N) is 3. The van der Waals surface area contributed by atoms with Gasteiger partial charge in [0, 0.05) is 5.02 Å². The number of benzene rings is 3. The maximum Gasteiger partial charge on any atom is 0.344 e. The van der Waals surface area contributed by atoms with Crippen molar-refractivity contribution in [1.82, 2.24) is 14.5 Å². The molecule has 2 aromatic heterocycles. The van der Waals surface area contributed by atoms with E-state index in [4.69, 9.17) is 32.0 Å². The predicted octanol–water partition coefficient (Wildman–Crippen LogP) is 5.47. The van der Waals surface area contributed by atoms with Crippen LogP contribution in [0.2, 0.25) is 5.02 Å². The number of carbonyl (C=O) groups is 1. The first kappa shape index (κ1) is 20.0. The minimum atomic E-state index is -0.558. The second-order valence-corrected chi connectivity index (χ2v) is 7.88. The highest BCUT2D eigenvalue weighted by Crippen LogP contribution is 2.33. The van der Waals surface area contributed by atoms with Crippen LogP contribution in [0.1, 0.15) is 21.5 Å². The van der Waals surface area contributed by atoms with Gasteiger partial charge in [0.25, 0.3) is 0 Å². The van der Waals surface area contributed by atoms with Gasteiger partial charge in [0.05, 0.1) is 16.7 Å². The van der Waals surface area contributed by atoms with Gasteiger partial charge in [-0.1, -0.05) is 60.1 Å². The first-order valence-electron chi connectivity index (χ1n) is 10.1. The van der Waals surface area contributed by atoms with Gasteiger partial charge in [0.2, 0.25) is 0 Å². The standard InChI is InChI=1S/C25H19ClN4O2/c1-15-11-12-17(13-18(15)26)30-23(27)21(25(31)32-14-16-7-3-2-4-8-16)22-24(30)29-20-10-6-5-9-19(20)28-22/h2-13H,14,27H2,1H3. The summed E-state index contributed by atoms with van der Waals surface area (Å²) in [5.74, 6) is -0.355. The number of carbonyl (C=O) groups excluding carboxylic acids is 1. The van der Waals surface area contributed by atoms with Crippen LogP contribution in [-0.2, 0) is 11.3 Å². The first-order valence-corrected chi connectivity index (χ1v) is 10.4. The Morgan fingerprint density at radius 2 is 1.69 bits per heavy atom. The maximum atomic E-state index is 13.1. The molecular formula is C25H19ClN4O2. The van der Waals surface area contributed by atoms with E-state index in [1.807, 2.05) is 73.7 Å². The molecule has 0 aliphatic carbocycles. The summed E-state index contributed by atoms with van der Waals surface area (Å²) in [4.78, 5) is 22.6. The molecule has 0 atom stereocenters. The molecule has 6 nitrogen and oxygen atoms in total. The summed E-state index contributed by atoms with van der Waals surface area (Å²) in [7, 11) is 0. The molecule has 0 aliphatic heterocycles. The molecule has 0 fully saturated rings. The highest BCUT2D eigenvalue weighted by molar-refractivity contribution is 6.31. The molecule has 32 heavy (non-hydrogen) atoms. The lowest BCUT2D eigenvalue weighted by Gasteiger charge is -2.09. The van der Waals surface area contributed by atoms with Crippen LogP contribution in [-0.4, -0.2) is 20.5 Å². The van der Waals surface area contributed by atoms with E-state index in [2.05, 4.69) is 0 Å². The lowest BCUT2D eigenvalue weighted by Crippen LogP contribution is -2.09. The summed E-state index contributed by atoms with van der Waals surface area (Å²) >= 11 is 6.37. The molecule has 0 aliphatic rings. The fraction of sp³-hybridized carbons (Fsp3) is 0.0800. The first-order chi connectivity index (χ1) is 15.5. The number of esters is 1. The van der Waals surface area contributed by atoms with Crippen molar-refractivity contribution >= 4 is 45.6 Å². The number of aromatic nitrogens is 3. The third kappa shape index (κ3) is 3.44. The number of nitrogens with two attached hydrogens (primary N) is 1. The van der Waals surface area contributed by atoms with E-state index in [1.54, 1.807) is 10.6 Å². The van der Waals surface area contributed by atoms with Gasteiger partial charge in [0.1, 0.15) is 23.5 Å². The number of rotatable bonds is 4. The number of aryl methyl sites for hydroxylation is 1. The van der Waals surface area contributed by atoms with Gasteiger partial charge in [-0.25, -0.2) is 14.8 Å². The Labute approximate surface area is 189 Å². The van der Waals surface area contributed by atoms with E-state index >= 15 is 0 Å². The molecular weight excluding hydrogens is 424 g/mol. The summed E-state index contributed by atoms with van der Waals surface area (Å²) in [6.07, 6.45) is 0. The Kier molecular flexibility index (Phi) is 4.99. The van der Waals surface area contributed by atoms with Crippen LogP contribution in [0.15, 0.2) is 72.8 Å². The number of para-hydroxylation sites is 2. The zero-order chi connectivity index (χ0) is 22.2. The zero-order valence-electron chi connectivity index (χ0n) is 17.2. The summed E-state index contributed by atoms with van der Waals surface area (Å²) in [5, 5.41) is 0.589. The summed E-state index contributed by atoms with van der Waals surface area (Å²) in [6.45, 7) is 2.05. The van der Waals surface area contributed by atoms with Gasteiger partial charge in [-0.3, -0.25) is 4.57 Å². The molecule has 5 aromatic rings. The van der Waals surface area contributed by atoms with Gasteiger partial charge in [-0.05, 0) is 42.3 Å². The fourth-order valence-electron chi connectivity index (χ4n) is 3.64. The van der Waals surface area contributed by atoms with Crippen LogP contribution in [0, 0.1) is 6.92 Å². The molecule has 0 spiro atoms. The molecule has 7 heteroatoms. The van der Waals surface area contributed by atoms with Crippen molar-refractivity contribution in [2.45, 2.75) is 13.5 Å². The summed E-state index contributed by atoms with van der Waals surface area (Å²) in [6, 6.07) is 22.5. The Balaban J connectivity index is 1.69. The van der Waals surface area contributed by atoms with Crippen LogP contribution >= 0.6 is 11.6 Å². The molecule has 5 rings (SSSR count). The predicted molar refractivity (Wildman–Crippen MR) is 126 cm³/mol. The van der Waals surface area contributed by atoms with Crippen molar-refractivity contribution in [2.75, 3.05) is 5.73 Å². The normalized spacial score (nSPS) is 11.2. The average Bonchev–Trinajstić information content (AvgIpc) is 3.09. The molecule has 3 aromatic carbocycles. The minimum absolute atomic E-state index is 0.128. The van der Waals surface area contributed by atoms with Crippen LogP contribution in [0.5, 0.6) is 0 Å². The summed E-state index contributed by atoms with van der Waals surface area (Å²) in [5.41, 5.74) is 11.4. The van der Waals surface area contributed by atoms with Crippen molar-refractivity contribution < 1.29 is 9.53 Å². The lowest BCUT2D eigenvalue weighted by molar-refractivity contribution is 0.0476. The number of hydrogen-bond donors (Lipinski definition) is 1. The molecule has 2 heterocycles. The molecule has 0 saturated heterocycles. The van der Waals surface area contributed by atoms with Crippen LogP contribution < -0.4 is 5.73 Å². The summed E-state index contributed by atoms with van der Waals surface area (Å²) < 4.78 is 7.27. The van der Waals surface area contributed by atoms with E-state index in [9.17, 15) is 4.79 Å². The van der Waals surface area contributed by atoms with Crippen molar-refractivity contribution in [1.29, 1.82) is 0 Å². The average molecular weight is 443 g/mol. The van der Waals surface area contributed by atoms with Crippen molar-refractivity contribution in [3.05, 3.63) is 94.5 Å². The number of fused-ring (bicyclic) bond motifs is 2. The quantitative estimate of drug-likeness (QED) is 0.373. The van der Waals surface area contributed by atoms with Crippen LogP contribution in [0.4, 0.5) is 5.82 Å². The molecule has 158 valence electrons. The number of halogens is 1. The van der Waals surface area contributed by atoms with Gasteiger partial charge in [-0.15, -0.1) is 0 Å². The second kappa shape index (κ2) is 7.98. The van der Waals surface area contributed by atoms with Crippen LogP contribution in [0.25, 0.3) is 27.9 Å². The van der Waals surface area contributed by atoms with E-state index in [0.29, 0.717) is 32.9 Å². The molecule has 0 unspecified atom stereocenters. The van der Waals surface area contributed by atoms with Crippen molar-refractivity contribution in [3.63, 3.8) is 0 Å². The van der Waals surface area contributed by atoms with Crippen molar-refractivity contribution in [3.8, 4) is 5.69 Å². The topological polar surface area (TPSA) is 83.0 Å². The monoisotopic (exact) mass is 442 g/mol. The Hall–Kier alpha value is -3.90. The SMILES string of the molecule is Cc1ccc(-n2c(N)c(C(=O)OCc3ccccc3)c3nc4ccccc4nc32)cc1Cl. The number of anilines is 1. The van der Waals surface area contributed by atoms with E-state index in [0.717, 1.165) is 11.1 Å². The third-order valence-electron chi connectivity index (χ3n) is 5.33. The molecule has 0 bridgehead atoms. The highest BCUT2D eigenvalue weighted by atomic mass is 35.5. The molecule has 0 saturated carbocycles. The van der Waals surface area contributed by atoms with Crippen molar-refractivity contribution in [2.24, 2.45) is 0 Å². The van der Waals surface area contributed by atoms with Crippen LogP contribution in [0.3, 0.4) is 0 Å². The Bertz CT molecular complexity index is 1480. The largest absolute Gasteiger partial charge is 0.457 e. The third-order valence-corrected chi connectivity index (χ3v) is 5.74. The van der Waals surface area contributed by atoms with Gasteiger partial charge in [0.15, 0.2) is 5.65 Å². The zero-order valence-corrected chi connectivity index (χ0v) is 18.0. The lowest BCUT2D eigenvalue weighted by atomic mass is 10.2. The number of nitrogen functional groups attached to an aromatic ring is 1. The second-order valence-electron chi connectivity index (χ2n) is 7.48. The Morgan fingerprint density at radius 3 is 2.41 bits per heavy atom. The van der Waals surface area contributed by atoms with Gasteiger partial charge < -0.3 is 10.5 Å². The Morgan fingerprint density at radius 1 is 1.00 bits per heavy atom. The molecule has 2 N–H and O–H groups in total. The number of hydrogen-bond acceptors (Lipinski definition) is 5. The maximum absolute atomic E-state index is 13.1. The van der Waals surface area contributed by atoms with E-state index in [1.165, 1.54) is 0 Å².